The smallest absolute Gasteiger partial charge is 0.336 e. The topological polar surface area (TPSA) is 135 Å². The van der Waals surface area contributed by atoms with Gasteiger partial charge in [0.25, 0.3) is 0 Å². The predicted molar refractivity (Wildman–Crippen MR) is 96.6 cm³/mol. The summed E-state index contributed by atoms with van der Waals surface area (Å²) >= 11 is 0. The Kier molecular flexibility index (Phi) is 7.26. The number of allylic oxidation sites excluding steroid dienone is 1. The molecule has 1 aliphatic heterocycles. The van der Waals surface area contributed by atoms with Crippen molar-refractivity contribution in [3.63, 3.8) is 0 Å². The van der Waals surface area contributed by atoms with Crippen molar-refractivity contribution >= 4 is 11.9 Å². The van der Waals surface area contributed by atoms with Crippen LogP contribution in [0.2, 0.25) is 0 Å². The Hall–Kier alpha value is -3.22. The minimum atomic E-state index is -1.31. The van der Waals surface area contributed by atoms with Crippen molar-refractivity contribution in [2.45, 2.75) is 5.92 Å². The summed E-state index contributed by atoms with van der Waals surface area (Å²) in [5.41, 5.74) is 5.64. The first-order valence-corrected chi connectivity index (χ1v) is 8.37. The first kappa shape index (κ1) is 21.1. The zero-order valence-electron chi connectivity index (χ0n) is 15.2. The number of carboxylic acids is 1. The zero-order chi connectivity index (χ0) is 20.7. The summed E-state index contributed by atoms with van der Waals surface area (Å²) in [7, 11) is 1.12. The summed E-state index contributed by atoms with van der Waals surface area (Å²) in [6, 6.07) is 8.08. The van der Waals surface area contributed by atoms with E-state index in [1.165, 1.54) is 12.1 Å². The maximum atomic E-state index is 13.7. The molecule has 1 unspecified atom stereocenters. The van der Waals surface area contributed by atoms with Crippen LogP contribution in [0.1, 0.15) is 17.0 Å². The van der Waals surface area contributed by atoms with Gasteiger partial charge < -0.3 is 25.6 Å². The molecule has 2 rings (SSSR count). The zero-order valence-corrected chi connectivity index (χ0v) is 15.2. The summed E-state index contributed by atoms with van der Waals surface area (Å²) in [4.78, 5) is 24.5. The highest BCUT2D eigenvalue weighted by Gasteiger charge is 2.39. The number of nitrogens with zero attached hydrogens (tertiary/aromatic N) is 1. The molecule has 1 heterocycles. The van der Waals surface area contributed by atoms with Crippen LogP contribution in [0, 0.1) is 11.3 Å². The Balaban J connectivity index is 2.70. The van der Waals surface area contributed by atoms with Gasteiger partial charge in [0.2, 0.25) is 0 Å². The minimum absolute atomic E-state index is 0.105. The van der Waals surface area contributed by atoms with Crippen molar-refractivity contribution in [3.8, 4) is 6.07 Å². The number of nitrogens with one attached hydrogen (secondary N) is 1. The Morgan fingerprint density at radius 2 is 2.11 bits per heavy atom. The molecule has 9 heteroatoms. The fraction of sp³-hybridized carbons (Fsp3) is 0.316. The normalized spacial score (nSPS) is 16.4. The van der Waals surface area contributed by atoms with Crippen LogP contribution in [0.25, 0.3) is 0 Å². The maximum absolute atomic E-state index is 13.7. The Labute approximate surface area is 161 Å². The molecule has 0 radical (unpaired) electrons. The van der Waals surface area contributed by atoms with E-state index in [0.29, 0.717) is 5.56 Å². The van der Waals surface area contributed by atoms with Gasteiger partial charge in [-0.05, 0) is 17.7 Å². The molecular formula is C19H20FN3O5. The van der Waals surface area contributed by atoms with Crippen molar-refractivity contribution in [1.82, 2.24) is 5.32 Å². The van der Waals surface area contributed by atoms with E-state index in [0.717, 1.165) is 7.11 Å². The number of dihydropyridines is 1. The number of ether oxygens (including phenoxy) is 2. The Morgan fingerprint density at radius 1 is 1.36 bits per heavy atom. The van der Waals surface area contributed by atoms with Crippen LogP contribution < -0.4 is 11.1 Å². The largest absolute Gasteiger partial charge is 0.478 e. The van der Waals surface area contributed by atoms with Gasteiger partial charge >= 0.3 is 11.9 Å². The number of aliphatic carboxylic acids is 1. The lowest BCUT2D eigenvalue weighted by Gasteiger charge is -2.31. The van der Waals surface area contributed by atoms with Crippen molar-refractivity contribution in [3.05, 3.63) is 57.9 Å². The number of carbonyl (C=O) groups is 2. The number of rotatable bonds is 8. The maximum Gasteiger partial charge on any atom is 0.336 e. The van der Waals surface area contributed by atoms with Crippen LogP contribution in [0.5, 0.6) is 0 Å². The van der Waals surface area contributed by atoms with E-state index in [4.69, 9.17) is 20.5 Å². The number of carboxylic acid groups (broad SMARTS) is 1. The number of methoxy groups -OCH3 is 1. The van der Waals surface area contributed by atoms with Gasteiger partial charge in [0, 0.05) is 6.54 Å². The standard InChI is InChI=1S/C19H20FN3O5/c1-27-19(26)17-13(8-20)23-14(10-28-6-5-21)16(18(24)25)15(17)12-4-2-3-11(7-12)9-22/h2-4,7,15,23H,5-6,8,10,21H2,1H3,(H,24,25). The molecule has 1 atom stereocenters. The van der Waals surface area contributed by atoms with E-state index in [1.54, 1.807) is 12.1 Å². The molecule has 0 saturated heterocycles. The van der Waals surface area contributed by atoms with Gasteiger partial charge in [-0.2, -0.15) is 5.26 Å². The number of halogens is 1. The van der Waals surface area contributed by atoms with Gasteiger partial charge in [-0.15, -0.1) is 0 Å². The predicted octanol–water partition coefficient (Wildman–Crippen LogP) is 0.956. The molecule has 28 heavy (non-hydrogen) atoms. The highest BCUT2D eigenvalue weighted by molar-refractivity contribution is 5.99. The number of hydrogen-bond donors (Lipinski definition) is 3. The molecule has 0 amide bonds. The molecule has 0 bridgehead atoms. The third-order valence-corrected chi connectivity index (χ3v) is 4.16. The number of alkyl halides is 1. The first-order chi connectivity index (χ1) is 13.5. The number of nitriles is 1. The average molecular weight is 389 g/mol. The number of esters is 1. The summed E-state index contributed by atoms with van der Waals surface area (Å²) in [6.07, 6.45) is 0. The molecule has 4 N–H and O–H groups in total. The van der Waals surface area contributed by atoms with Gasteiger partial charge in [-0.3, -0.25) is 0 Å². The fourth-order valence-corrected chi connectivity index (χ4v) is 3.01. The molecule has 8 nitrogen and oxygen atoms in total. The molecule has 1 aromatic carbocycles. The van der Waals surface area contributed by atoms with Gasteiger partial charge in [-0.25, -0.2) is 14.0 Å². The van der Waals surface area contributed by atoms with Crippen molar-refractivity contribution in [2.75, 3.05) is 33.5 Å². The molecular weight excluding hydrogens is 369 g/mol. The lowest BCUT2D eigenvalue weighted by atomic mass is 9.80. The summed E-state index contributed by atoms with van der Waals surface area (Å²) in [6.45, 7) is -0.814. The second-order valence-electron chi connectivity index (χ2n) is 5.85. The number of benzene rings is 1. The van der Waals surface area contributed by atoms with Crippen LogP contribution in [0.4, 0.5) is 4.39 Å². The Morgan fingerprint density at radius 3 is 2.68 bits per heavy atom. The highest BCUT2D eigenvalue weighted by atomic mass is 19.1. The van der Waals surface area contributed by atoms with Crippen molar-refractivity contribution in [2.24, 2.45) is 5.73 Å². The fourth-order valence-electron chi connectivity index (χ4n) is 3.01. The quantitative estimate of drug-likeness (QED) is 0.442. The SMILES string of the molecule is COC(=O)C1=C(CF)NC(COCCN)=C(C(=O)O)C1c1cccc(C#N)c1. The monoisotopic (exact) mass is 389 g/mol. The second kappa shape index (κ2) is 9.64. The van der Waals surface area contributed by atoms with E-state index in [9.17, 15) is 19.1 Å². The highest BCUT2D eigenvalue weighted by Crippen LogP contribution is 2.39. The van der Waals surface area contributed by atoms with Crippen LogP contribution in [0.15, 0.2) is 46.8 Å². The first-order valence-electron chi connectivity index (χ1n) is 8.37. The van der Waals surface area contributed by atoms with Gasteiger partial charge in [-0.1, -0.05) is 12.1 Å². The number of nitrogens with two attached hydrogens (primary N) is 1. The number of carbonyl (C=O) groups excluding carboxylic acids is 1. The van der Waals surface area contributed by atoms with Crippen LogP contribution in [-0.2, 0) is 19.1 Å². The Bertz CT molecular complexity index is 873. The van der Waals surface area contributed by atoms with Crippen molar-refractivity contribution < 1.29 is 28.6 Å². The van der Waals surface area contributed by atoms with E-state index in [2.05, 4.69) is 5.32 Å². The molecule has 0 saturated carbocycles. The average Bonchev–Trinajstić information content (AvgIpc) is 2.72. The van der Waals surface area contributed by atoms with E-state index in [1.807, 2.05) is 6.07 Å². The van der Waals surface area contributed by atoms with Crippen molar-refractivity contribution in [1.29, 1.82) is 5.26 Å². The molecule has 0 aliphatic carbocycles. The minimum Gasteiger partial charge on any atom is -0.478 e. The molecule has 0 fully saturated rings. The van der Waals surface area contributed by atoms with Crippen LogP contribution >= 0.6 is 0 Å². The summed E-state index contributed by atoms with van der Waals surface area (Å²) < 4.78 is 23.8. The van der Waals surface area contributed by atoms with Gasteiger partial charge in [0.05, 0.1) is 60.4 Å². The molecule has 1 aliphatic rings. The lowest BCUT2D eigenvalue weighted by Crippen LogP contribution is -2.35. The van der Waals surface area contributed by atoms with Gasteiger partial charge in [0.15, 0.2) is 0 Å². The third kappa shape index (κ3) is 4.36. The molecule has 148 valence electrons. The van der Waals surface area contributed by atoms with E-state index >= 15 is 0 Å². The van der Waals surface area contributed by atoms with Gasteiger partial charge in [0.1, 0.15) is 6.67 Å². The molecule has 0 aromatic heterocycles. The molecule has 0 spiro atoms. The molecule has 1 aromatic rings. The second-order valence-corrected chi connectivity index (χ2v) is 5.85. The third-order valence-electron chi connectivity index (χ3n) is 4.16. The number of hydrogen-bond acceptors (Lipinski definition) is 7. The van der Waals surface area contributed by atoms with Crippen LogP contribution in [-0.4, -0.2) is 50.6 Å². The van der Waals surface area contributed by atoms with E-state index < -0.39 is 24.5 Å². The summed E-state index contributed by atoms with van der Waals surface area (Å²) in [5, 5.41) is 21.7. The summed E-state index contributed by atoms with van der Waals surface area (Å²) in [5.74, 6) is -3.32. The lowest BCUT2D eigenvalue weighted by molar-refractivity contribution is -0.136. The van der Waals surface area contributed by atoms with Crippen LogP contribution in [0.3, 0.4) is 0 Å². The van der Waals surface area contributed by atoms with E-state index in [-0.39, 0.29) is 47.9 Å².